The van der Waals surface area contributed by atoms with Gasteiger partial charge < -0.3 is 14.8 Å². The number of anilines is 1. The van der Waals surface area contributed by atoms with Gasteiger partial charge in [-0.15, -0.1) is 0 Å². The van der Waals surface area contributed by atoms with E-state index in [1.54, 1.807) is 0 Å². The van der Waals surface area contributed by atoms with Crippen LogP contribution in [-0.4, -0.2) is 25.4 Å². The van der Waals surface area contributed by atoms with E-state index in [-0.39, 0.29) is 5.41 Å². The highest BCUT2D eigenvalue weighted by atomic mass is 16.5. The quantitative estimate of drug-likeness (QED) is 0.849. The number of hydrogen-bond acceptors (Lipinski definition) is 3. The van der Waals surface area contributed by atoms with Gasteiger partial charge in [0.15, 0.2) is 0 Å². The maximum Gasteiger partial charge on any atom is 0.119 e. The lowest BCUT2D eigenvalue weighted by Crippen LogP contribution is -2.58. The Morgan fingerprint density at radius 3 is 2.37 bits per heavy atom. The number of ether oxygens (including phenoxy) is 2. The van der Waals surface area contributed by atoms with E-state index >= 15 is 0 Å². The second kappa shape index (κ2) is 5.83. The molecule has 2 unspecified atom stereocenters. The summed E-state index contributed by atoms with van der Waals surface area (Å²) in [7, 11) is 0. The smallest absolute Gasteiger partial charge is 0.119 e. The van der Waals surface area contributed by atoms with Crippen molar-refractivity contribution in [1.29, 1.82) is 0 Å². The predicted octanol–water partition coefficient (Wildman–Crippen LogP) is 3.70. The lowest BCUT2D eigenvalue weighted by atomic mass is 9.64. The molecule has 2 atom stereocenters. The first-order valence-corrected chi connectivity index (χ1v) is 7.19. The Balaban J connectivity index is 1.92. The van der Waals surface area contributed by atoms with Crippen molar-refractivity contribution in [3.63, 3.8) is 0 Å². The minimum atomic E-state index is 0.189. The summed E-state index contributed by atoms with van der Waals surface area (Å²) in [6.45, 7) is 10.1. The van der Waals surface area contributed by atoms with Gasteiger partial charge >= 0.3 is 0 Å². The Morgan fingerprint density at radius 2 is 1.84 bits per heavy atom. The molecule has 1 aliphatic carbocycles. The molecule has 106 valence electrons. The molecule has 0 amide bonds. The SMILES string of the molecule is CCOc1ccc(NC2CC(OCC)C2(C)C)cc1. The molecule has 2 rings (SSSR count). The van der Waals surface area contributed by atoms with Crippen LogP contribution in [0.4, 0.5) is 5.69 Å². The number of nitrogens with one attached hydrogen (secondary N) is 1. The van der Waals surface area contributed by atoms with Crippen molar-refractivity contribution in [3.8, 4) is 5.75 Å². The van der Waals surface area contributed by atoms with Gasteiger partial charge in [-0.1, -0.05) is 13.8 Å². The fourth-order valence-corrected chi connectivity index (χ4v) is 2.63. The molecule has 3 nitrogen and oxygen atoms in total. The zero-order valence-electron chi connectivity index (χ0n) is 12.4. The van der Waals surface area contributed by atoms with Crippen LogP contribution in [0.1, 0.15) is 34.1 Å². The first-order valence-electron chi connectivity index (χ1n) is 7.19. The fraction of sp³-hybridized carbons (Fsp3) is 0.625. The third kappa shape index (κ3) is 3.03. The van der Waals surface area contributed by atoms with Crippen molar-refractivity contribution < 1.29 is 9.47 Å². The molecule has 0 aliphatic heterocycles. The minimum Gasteiger partial charge on any atom is -0.494 e. The van der Waals surface area contributed by atoms with Crippen LogP contribution in [-0.2, 0) is 4.74 Å². The van der Waals surface area contributed by atoms with Crippen molar-refractivity contribution in [2.45, 2.75) is 46.3 Å². The zero-order chi connectivity index (χ0) is 13.9. The van der Waals surface area contributed by atoms with E-state index in [0.717, 1.165) is 24.5 Å². The van der Waals surface area contributed by atoms with Crippen LogP contribution < -0.4 is 10.1 Å². The third-order valence-electron chi connectivity index (χ3n) is 4.05. The number of rotatable bonds is 6. The number of benzene rings is 1. The Morgan fingerprint density at radius 1 is 1.16 bits per heavy atom. The maximum absolute atomic E-state index is 5.75. The first kappa shape index (κ1) is 14.2. The molecule has 0 bridgehead atoms. The topological polar surface area (TPSA) is 30.5 Å². The van der Waals surface area contributed by atoms with E-state index in [0.29, 0.717) is 18.8 Å². The highest BCUT2D eigenvalue weighted by molar-refractivity contribution is 5.48. The highest BCUT2D eigenvalue weighted by Crippen LogP contribution is 2.44. The summed E-state index contributed by atoms with van der Waals surface area (Å²) in [5.74, 6) is 0.924. The van der Waals surface area contributed by atoms with Crippen LogP contribution in [0.3, 0.4) is 0 Å². The van der Waals surface area contributed by atoms with Gasteiger partial charge in [-0.25, -0.2) is 0 Å². The van der Waals surface area contributed by atoms with Gasteiger partial charge in [-0.2, -0.15) is 0 Å². The standard InChI is InChI=1S/C16H25NO2/c1-5-18-13-9-7-12(8-10-13)17-14-11-15(19-6-2)16(14,3)4/h7-10,14-15,17H,5-6,11H2,1-4H3. The molecule has 0 saturated heterocycles. The van der Waals surface area contributed by atoms with Crippen molar-refractivity contribution >= 4 is 5.69 Å². The van der Waals surface area contributed by atoms with Crippen molar-refractivity contribution in [2.75, 3.05) is 18.5 Å². The Labute approximate surface area is 116 Å². The summed E-state index contributed by atoms with van der Waals surface area (Å²) >= 11 is 0. The van der Waals surface area contributed by atoms with Gasteiger partial charge in [0.25, 0.3) is 0 Å². The summed E-state index contributed by atoms with van der Waals surface area (Å²) < 4.78 is 11.2. The van der Waals surface area contributed by atoms with E-state index in [4.69, 9.17) is 9.47 Å². The molecular weight excluding hydrogens is 238 g/mol. The largest absolute Gasteiger partial charge is 0.494 e. The minimum absolute atomic E-state index is 0.189. The fourth-order valence-electron chi connectivity index (χ4n) is 2.63. The van der Waals surface area contributed by atoms with Crippen molar-refractivity contribution in [1.82, 2.24) is 0 Å². The molecule has 19 heavy (non-hydrogen) atoms. The molecule has 1 aromatic carbocycles. The Hall–Kier alpha value is -1.22. The summed E-state index contributed by atoms with van der Waals surface area (Å²) in [4.78, 5) is 0. The van der Waals surface area contributed by atoms with E-state index < -0.39 is 0 Å². The van der Waals surface area contributed by atoms with Gasteiger partial charge in [0.1, 0.15) is 5.75 Å². The van der Waals surface area contributed by atoms with Gasteiger partial charge in [0, 0.05) is 23.8 Å². The van der Waals surface area contributed by atoms with Gasteiger partial charge in [-0.3, -0.25) is 0 Å². The first-order chi connectivity index (χ1) is 9.07. The molecule has 1 N–H and O–H groups in total. The van der Waals surface area contributed by atoms with E-state index in [1.165, 1.54) is 0 Å². The average molecular weight is 263 g/mol. The average Bonchev–Trinajstić information content (AvgIpc) is 2.40. The molecule has 1 fully saturated rings. The summed E-state index contributed by atoms with van der Waals surface area (Å²) in [6.07, 6.45) is 1.45. The molecule has 0 spiro atoms. The summed E-state index contributed by atoms with van der Waals surface area (Å²) in [5, 5.41) is 3.59. The maximum atomic E-state index is 5.75. The molecular formula is C16H25NO2. The second-order valence-electron chi connectivity index (χ2n) is 5.66. The van der Waals surface area contributed by atoms with Gasteiger partial charge in [0.05, 0.1) is 12.7 Å². The lowest BCUT2D eigenvalue weighted by Gasteiger charge is -2.52. The van der Waals surface area contributed by atoms with Crippen LogP contribution in [0, 0.1) is 5.41 Å². The molecule has 3 heteroatoms. The van der Waals surface area contributed by atoms with E-state index in [1.807, 2.05) is 19.1 Å². The van der Waals surface area contributed by atoms with E-state index in [2.05, 4.69) is 38.2 Å². The lowest BCUT2D eigenvalue weighted by molar-refractivity contribution is -0.0975. The second-order valence-corrected chi connectivity index (χ2v) is 5.66. The normalized spacial score (nSPS) is 24.6. The monoisotopic (exact) mass is 263 g/mol. The van der Waals surface area contributed by atoms with Crippen LogP contribution >= 0.6 is 0 Å². The molecule has 1 saturated carbocycles. The Bertz CT molecular complexity index is 400. The summed E-state index contributed by atoms with van der Waals surface area (Å²) in [6, 6.07) is 8.65. The van der Waals surface area contributed by atoms with Gasteiger partial charge in [-0.05, 0) is 44.5 Å². The predicted molar refractivity (Wildman–Crippen MR) is 78.8 cm³/mol. The van der Waals surface area contributed by atoms with Crippen LogP contribution in [0.15, 0.2) is 24.3 Å². The zero-order valence-corrected chi connectivity index (χ0v) is 12.4. The van der Waals surface area contributed by atoms with Crippen molar-refractivity contribution in [3.05, 3.63) is 24.3 Å². The van der Waals surface area contributed by atoms with Crippen LogP contribution in [0.2, 0.25) is 0 Å². The third-order valence-corrected chi connectivity index (χ3v) is 4.05. The molecule has 0 heterocycles. The van der Waals surface area contributed by atoms with Crippen LogP contribution in [0.5, 0.6) is 5.75 Å². The summed E-state index contributed by atoms with van der Waals surface area (Å²) in [5.41, 5.74) is 1.34. The highest BCUT2D eigenvalue weighted by Gasteiger charge is 2.48. The molecule has 1 aliphatic rings. The Kier molecular flexibility index (Phi) is 4.35. The molecule has 0 aromatic heterocycles. The van der Waals surface area contributed by atoms with E-state index in [9.17, 15) is 0 Å². The molecule has 0 radical (unpaired) electrons. The number of hydrogen-bond donors (Lipinski definition) is 1. The van der Waals surface area contributed by atoms with Crippen molar-refractivity contribution in [2.24, 2.45) is 5.41 Å². The van der Waals surface area contributed by atoms with Crippen LogP contribution in [0.25, 0.3) is 0 Å². The molecule has 1 aromatic rings. The van der Waals surface area contributed by atoms with Gasteiger partial charge in [0.2, 0.25) is 0 Å².